The van der Waals surface area contributed by atoms with E-state index in [2.05, 4.69) is 4.98 Å². The fourth-order valence-electron chi connectivity index (χ4n) is 2.52. The number of hydrogen-bond donors (Lipinski definition) is 0. The highest BCUT2D eigenvalue weighted by atomic mass is 35.5. The molecule has 5 nitrogen and oxygen atoms in total. The third kappa shape index (κ3) is 2.81. The van der Waals surface area contributed by atoms with Gasteiger partial charge in [0.1, 0.15) is 11.3 Å². The van der Waals surface area contributed by atoms with Gasteiger partial charge in [-0.25, -0.2) is 0 Å². The third-order valence-electron chi connectivity index (χ3n) is 3.61. The van der Waals surface area contributed by atoms with E-state index in [1.165, 1.54) is 17.3 Å². The number of furan rings is 1. The highest BCUT2D eigenvalue weighted by Gasteiger charge is 2.24. The number of ether oxygens (including phenoxy) is 1. The zero-order valence-electron chi connectivity index (χ0n) is 13.0. The monoisotopic (exact) mass is 364 g/mol. The lowest BCUT2D eigenvalue weighted by Gasteiger charge is -2.21. The van der Waals surface area contributed by atoms with Crippen molar-refractivity contribution in [2.24, 2.45) is 0 Å². The standard InChI is InChI=1S/C17H14Cl2N2O3/c1-3-21(16-11(18)8-20-9-12(16)19)17(22)15-7-10-13(23-2)5-4-6-14(10)24-15/h4-9H,3H2,1-2H3. The Morgan fingerprint density at radius 2 is 2.00 bits per heavy atom. The molecular weight excluding hydrogens is 351 g/mol. The van der Waals surface area contributed by atoms with Crippen LogP contribution >= 0.6 is 23.2 Å². The second kappa shape index (κ2) is 6.71. The lowest BCUT2D eigenvalue weighted by Crippen LogP contribution is -2.30. The predicted molar refractivity (Wildman–Crippen MR) is 94.4 cm³/mol. The van der Waals surface area contributed by atoms with Crippen molar-refractivity contribution in [3.63, 3.8) is 0 Å². The summed E-state index contributed by atoms with van der Waals surface area (Å²) in [7, 11) is 1.57. The SMILES string of the molecule is CCN(C(=O)c1cc2c(OC)cccc2o1)c1c(Cl)cncc1Cl. The minimum atomic E-state index is -0.342. The van der Waals surface area contributed by atoms with Crippen LogP contribution in [0.15, 0.2) is 41.1 Å². The van der Waals surface area contributed by atoms with Gasteiger partial charge >= 0.3 is 0 Å². The van der Waals surface area contributed by atoms with Crippen LogP contribution in [0.3, 0.4) is 0 Å². The molecule has 3 aromatic rings. The number of carbonyl (C=O) groups excluding carboxylic acids is 1. The molecule has 0 saturated carbocycles. The molecule has 124 valence electrons. The number of anilines is 1. The second-order valence-electron chi connectivity index (χ2n) is 4.98. The molecule has 0 unspecified atom stereocenters. The first-order chi connectivity index (χ1) is 11.6. The number of aromatic nitrogens is 1. The summed E-state index contributed by atoms with van der Waals surface area (Å²) in [6.45, 7) is 2.20. The number of rotatable bonds is 4. The van der Waals surface area contributed by atoms with Crippen molar-refractivity contribution in [1.82, 2.24) is 4.98 Å². The van der Waals surface area contributed by atoms with Crippen molar-refractivity contribution in [3.05, 3.63) is 52.5 Å². The Bertz CT molecular complexity index is 888. The number of halogens is 2. The van der Waals surface area contributed by atoms with Crippen LogP contribution in [0.4, 0.5) is 5.69 Å². The Balaban J connectivity index is 2.07. The average molecular weight is 365 g/mol. The maximum atomic E-state index is 12.9. The van der Waals surface area contributed by atoms with Crippen LogP contribution in [-0.4, -0.2) is 24.5 Å². The fraction of sp³-hybridized carbons (Fsp3) is 0.176. The average Bonchev–Trinajstić information content (AvgIpc) is 3.02. The Hall–Kier alpha value is -2.24. The summed E-state index contributed by atoms with van der Waals surface area (Å²) in [4.78, 5) is 18.3. The van der Waals surface area contributed by atoms with Gasteiger partial charge in [0.2, 0.25) is 0 Å². The minimum absolute atomic E-state index is 0.181. The quantitative estimate of drug-likeness (QED) is 0.666. The fourth-order valence-corrected chi connectivity index (χ4v) is 3.08. The van der Waals surface area contributed by atoms with Crippen molar-refractivity contribution >= 4 is 45.8 Å². The first kappa shape index (κ1) is 16.6. The number of methoxy groups -OCH3 is 1. The molecule has 0 saturated heterocycles. The molecule has 0 atom stereocenters. The van der Waals surface area contributed by atoms with Gasteiger partial charge in [0.15, 0.2) is 5.76 Å². The summed E-state index contributed by atoms with van der Waals surface area (Å²) in [6, 6.07) is 7.03. The lowest BCUT2D eigenvalue weighted by molar-refractivity contribution is 0.0964. The molecule has 2 aromatic heterocycles. The normalized spacial score (nSPS) is 10.8. The molecule has 0 bridgehead atoms. The molecule has 3 rings (SSSR count). The number of benzene rings is 1. The van der Waals surface area contributed by atoms with Gasteiger partial charge in [-0.05, 0) is 19.1 Å². The summed E-state index contributed by atoms with van der Waals surface area (Å²) in [5.74, 6) is 0.476. The van der Waals surface area contributed by atoms with E-state index in [9.17, 15) is 4.79 Å². The van der Waals surface area contributed by atoms with E-state index in [0.717, 1.165) is 5.39 Å². The van der Waals surface area contributed by atoms with Gasteiger partial charge in [0.05, 0.1) is 28.2 Å². The summed E-state index contributed by atoms with van der Waals surface area (Å²) >= 11 is 12.3. The summed E-state index contributed by atoms with van der Waals surface area (Å²) < 4.78 is 11.0. The molecule has 0 aliphatic heterocycles. The van der Waals surface area contributed by atoms with Crippen molar-refractivity contribution in [2.45, 2.75) is 6.92 Å². The Morgan fingerprint density at radius 3 is 2.62 bits per heavy atom. The Morgan fingerprint density at radius 1 is 1.29 bits per heavy atom. The van der Waals surface area contributed by atoms with Crippen LogP contribution in [0.5, 0.6) is 5.75 Å². The number of pyridine rings is 1. The number of nitrogens with zero attached hydrogens (tertiary/aromatic N) is 2. The number of amides is 1. The van der Waals surface area contributed by atoms with E-state index in [1.54, 1.807) is 31.4 Å². The van der Waals surface area contributed by atoms with E-state index >= 15 is 0 Å². The van der Waals surface area contributed by atoms with Gasteiger partial charge in [-0.2, -0.15) is 0 Å². The first-order valence-corrected chi connectivity index (χ1v) is 7.99. The molecule has 1 aromatic carbocycles. The van der Waals surface area contributed by atoms with Gasteiger partial charge in [-0.15, -0.1) is 0 Å². The van der Waals surface area contributed by atoms with Crippen LogP contribution in [0.2, 0.25) is 10.0 Å². The van der Waals surface area contributed by atoms with E-state index in [-0.39, 0.29) is 11.7 Å². The molecule has 7 heteroatoms. The van der Waals surface area contributed by atoms with Crippen LogP contribution in [-0.2, 0) is 0 Å². The molecule has 0 spiro atoms. The Labute approximate surface area is 148 Å². The highest BCUT2D eigenvalue weighted by Crippen LogP contribution is 2.35. The maximum Gasteiger partial charge on any atom is 0.294 e. The van der Waals surface area contributed by atoms with E-state index in [4.69, 9.17) is 32.4 Å². The van der Waals surface area contributed by atoms with Crippen molar-refractivity contribution in [3.8, 4) is 5.75 Å². The van der Waals surface area contributed by atoms with E-state index < -0.39 is 0 Å². The van der Waals surface area contributed by atoms with Gasteiger partial charge in [-0.1, -0.05) is 29.3 Å². The zero-order valence-corrected chi connectivity index (χ0v) is 14.6. The molecule has 24 heavy (non-hydrogen) atoms. The van der Waals surface area contributed by atoms with Gasteiger partial charge in [0.25, 0.3) is 5.91 Å². The van der Waals surface area contributed by atoms with Crippen LogP contribution in [0.1, 0.15) is 17.5 Å². The molecular formula is C17H14Cl2N2O3. The summed E-state index contributed by atoms with van der Waals surface area (Å²) in [6.07, 6.45) is 2.89. The van der Waals surface area contributed by atoms with Gasteiger partial charge in [-0.3, -0.25) is 9.78 Å². The summed E-state index contributed by atoms with van der Waals surface area (Å²) in [5.41, 5.74) is 0.980. The molecule has 0 radical (unpaired) electrons. The van der Waals surface area contributed by atoms with E-state index in [0.29, 0.717) is 33.6 Å². The molecule has 0 fully saturated rings. The van der Waals surface area contributed by atoms with Gasteiger partial charge < -0.3 is 14.1 Å². The molecule has 1 amide bonds. The van der Waals surface area contributed by atoms with Crippen LogP contribution in [0, 0.1) is 0 Å². The predicted octanol–water partition coefficient (Wildman–Crippen LogP) is 4.81. The molecule has 0 aliphatic carbocycles. The largest absolute Gasteiger partial charge is 0.496 e. The molecule has 2 heterocycles. The van der Waals surface area contributed by atoms with Crippen molar-refractivity contribution in [1.29, 1.82) is 0 Å². The lowest BCUT2D eigenvalue weighted by atomic mass is 10.2. The highest BCUT2D eigenvalue weighted by molar-refractivity contribution is 6.39. The number of carbonyl (C=O) groups is 1. The van der Waals surface area contributed by atoms with Crippen LogP contribution in [0.25, 0.3) is 11.0 Å². The third-order valence-corrected chi connectivity index (χ3v) is 4.16. The van der Waals surface area contributed by atoms with Gasteiger partial charge in [0, 0.05) is 25.0 Å². The number of hydrogen-bond acceptors (Lipinski definition) is 4. The topological polar surface area (TPSA) is 55.6 Å². The molecule has 0 aliphatic rings. The Kier molecular flexibility index (Phi) is 4.64. The minimum Gasteiger partial charge on any atom is -0.496 e. The maximum absolute atomic E-state index is 12.9. The van der Waals surface area contributed by atoms with Crippen molar-refractivity contribution < 1.29 is 13.9 Å². The molecule has 0 N–H and O–H groups in total. The zero-order chi connectivity index (χ0) is 17.3. The first-order valence-electron chi connectivity index (χ1n) is 7.24. The smallest absolute Gasteiger partial charge is 0.294 e. The second-order valence-corrected chi connectivity index (χ2v) is 5.80. The van der Waals surface area contributed by atoms with E-state index in [1.807, 2.05) is 6.92 Å². The number of fused-ring (bicyclic) bond motifs is 1. The summed E-state index contributed by atoms with van der Waals surface area (Å²) in [5, 5.41) is 1.32. The van der Waals surface area contributed by atoms with Crippen molar-refractivity contribution in [2.75, 3.05) is 18.6 Å². The van der Waals surface area contributed by atoms with Crippen LogP contribution < -0.4 is 9.64 Å².